The van der Waals surface area contributed by atoms with Crippen molar-refractivity contribution in [2.24, 2.45) is 28.6 Å². The van der Waals surface area contributed by atoms with Crippen LogP contribution >= 0.6 is 0 Å². The van der Waals surface area contributed by atoms with Gasteiger partial charge in [0.15, 0.2) is 0 Å². The molecule has 0 heterocycles. The number of rotatable bonds is 6. The van der Waals surface area contributed by atoms with Crippen molar-refractivity contribution in [3.63, 3.8) is 0 Å². The van der Waals surface area contributed by atoms with Gasteiger partial charge in [0.25, 0.3) is 0 Å². The molecule has 1 unspecified atom stereocenters. The van der Waals surface area contributed by atoms with Gasteiger partial charge in [-0.15, -0.1) is 0 Å². The lowest BCUT2D eigenvalue weighted by Crippen LogP contribution is -2.43. The van der Waals surface area contributed by atoms with Crippen LogP contribution in [0.4, 0.5) is 0 Å². The van der Waals surface area contributed by atoms with Crippen LogP contribution in [0.1, 0.15) is 81.6 Å². The summed E-state index contributed by atoms with van der Waals surface area (Å²) in [7, 11) is 0. The second-order valence-electron chi connectivity index (χ2n) is 7.91. The fourth-order valence-corrected chi connectivity index (χ4v) is 3.69. The highest BCUT2D eigenvalue weighted by Gasteiger charge is 2.45. The molecule has 0 saturated carbocycles. The van der Waals surface area contributed by atoms with Crippen molar-refractivity contribution in [2.45, 2.75) is 81.6 Å². The Hall–Kier alpha value is 0. The van der Waals surface area contributed by atoms with Crippen molar-refractivity contribution in [3.8, 4) is 0 Å². The van der Waals surface area contributed by atoms with E-state index in [1.54, 1.807) is 0 Å². The molecule has 0 aliphatic heterocycles. The van der Waals surface area contributed by atoms with E-state index in [1.807, 2.05) is 0 Å². The van der Waals surface area contributed by atoms with Gasteiger partial charge in [0.1, 0.15) is 0 Å². The lowest BCUT2D eigenvalue weighted by atomic mass is 9.53. The third-order valence-electron chi connectivity index (χ3n) is 4.59. The molecule has 0 fully saturated rings. The monoisotopic (exact) mass is 240 g/mol. The number of hydrogen-bond acceptors (Lipinski definition) is 0. The minimum absolute atomic E-state index is 0.400. The Labute approximate surface area is 111 Å². The Morgan fingerprint density at radius 1 is 0.765 bits per heavy atom. The van der Waals surface area contributed by atoms with Crippen LogP contribution in [-0.4, -0.2) is 0 Å². The zero-order valence-corrected chi connectivity index (χ0v) is 13.9. The van der Waals surface area contributed by atoms with Crippen LogP contribution in [0.15, 0.2) is 0 Å². The Morgan fingerprint density at radius 2 is 1.12 bits per heavy atom. The van der Waals surface area contributed by atoms with Crippen molar-refractivity contribution in [2.75, 3.05) is 0 Å². The molecule has 0 amide bonds. The van der Waals surface area contributed by atoms with Crippen LogP contribution in [0.2, 0.25) is 0 Å². The summed E-state index contributed by atoms with van der Waals surface area (Å²) in [6, 6.07) is 0. The highest BCUT2D eigenvalue weighted by atomic mass is 14.5. The van der Waals surface area contributed by atoms with Crippen LogP contribution in [0.25, 0.3) is 0 Å². The van der Waals surface area contributed by atoms with E-state index < -0.39 is 0 Å². The quantitative estimate of drug-likeness (QED) is 0.522. The van der Waals surface area contributed by atoms with Gasteiger partial charge in [-0.25, -0.2) is 0 Å². The summed E-state index contributed by atoms with van der Waals surface area (Å²) in [4.78, 5) is 0. The first-order valence-electron chi connectivity index (χ1n) is 7.56. The van der Waals surface area contributed by atoms with Crippen molar-refractivity contribution in [1.82, 2.24) is 0 Å². The summed E-state index contributed by atoms with van der Waals surface area (Å²) >= 11 is 0. The molecule has 0 spiro atoms. The normalized spacial score (nSPS) is 15.7. The smallest absolute Gasteiger partial charge is 0.0218 e. The van der Waals surface area contributed by atoms with E-state index in [0.717, 1.165) is 17.8 Å². The minimum Gasteiger partial charge on any atom is -0.0651 e. The van der Waals surface area contributed by atoms with Gasteiger partial charge in [-0.05, 0) is 41.4 Å². The van der Waals surface area contributed by atoms with Gasteiger partial charge >= 0.3 is 0 Å². The van der Waals surface area contributed by atoms with Crippen LogP contribution in [-0.2, 0) is 0 Å². The highest BCUT2D eigenvalue weighted by molar-refractivity contribution is 4.94. The average Bonchev–Trinajstić information content (AvgIpc) is 2.11. The summed E-state index contributed by atoms with van der Waals surface area (Å²) in [5.74, 6) is 2.40. The fraction of sp³-hybridized carbons (Fsp3) is 1.00. The molecule has 0 aliphatic rings. The van der Waals surface area contributed by atoms with Gasteiger partial charge in [-0.1, -0.05) is 68.7 Å². The van der Waals surface area contributed by atoms with Crippen molar-refractivity contribution < 1.29 is 0 Å². The van der Waals surface area contributed by atoms with Gasteiger partial charge in [0.2, 0.25) is 0 Å². The predicted octanol–water partition coefficient (Wildman–Crippen LogP) is 6.16. The maximum atomic E-state index is 2.47. The molecule has 0 rings (SSSR count). The Kier molecular flexibility index (Phi) is 6.25. The summed E-state index contributed by atoms with van der Waals surface area (Å²) in [6.45, 7) is 21.7. The Balaban J connectivity index is 5.36. The van der Waals surface area contributed by atoms with Crippen LogP contribution in [0, 0.1) is 28.6 Å². The van der Waals surface area contributed by atoms with Gasteiger partial charge in [0.05, 0.1) is 0 Å². The van der Waals surface area contributed by atoms with Crippen molar-refractivity contribution in [3.05, 3.63) is 0 Å². The molecule has 1 atom stereocenters. The standard InChI is InChI=1S/C17H36/c1-10-15(6)17(11-13(2)3,12-14(4)5)16(7,8)9/h13-15H,10-12H2,1-9H3. The molecule has 0 aromatic carbocycles. The molecule has 0 N–H and O–H groups in total. The molecule has 0 radical (unpaired) electrons. The minimum atomic E-state index is 0.400. The van der Waals surface area contributed by atoms with E-state index in [0.29, 0.717) is 10.8 Å². The second kappa shape index (κ2) is 6.25. The molecule has 0 saturated heterocycles. The van der Waals surface area contributed by atoms with Gasteiger partial charge in [0, 0.05) is 0 Å². The van der Waals surface area contributed by atoms with Gasteiger partial charge in [-0.3, -0.25) is 0 Å². The molecule has 104 valence electrons. The molecule has 0 aromatic heterocycles. The first-order chi connectivity index (χ1) is 7.56. The maximum absolute atomic E-state index is 2.47. The van der Waals surface area contributed by atoms with Crippen molar-refractivity contribution in [1.29, 1.82) is 0 Å². The zero-order valence-electron chi connectivity index (χ0n) is 13.9. The molecule has 17 heavy (non-hydrogen) atoms. The lowest BCUT2D eigenvalue weighted by Gasteiger charge is -2.51. The van der Waals surface area contributed by atoms with E-state index in [-0.39, 0.29) is 0 Å². The van der Waals surface area contributed by atoms with Crippen molar-refractivity contribution >= 4 is 0 Å². The SMILES string of the molecule is CCC(C)C(CC(C)C)(CC(C)C)C(C)(C)C. The third kappa shape index (κ3) is 4.30. The van der Waals surface area contributed by atoms with E-state index in [4.69, 9.17) is 0 Å². The van der Waals surface area contributed by atoms with Gasteiger partial charge < -0.3 is 0 Å². The molecule has 0 aliphatic carbocycles. The lowest BCUT2D eigenvalue weighted by molar-refractivity contribution is -0.0215. The topological polar surface area (TPSA) is 0 Å². The molecule has 0 heteroatoms. The molecular weight excluding hydrogens is 204 g/mol. The molecular formula is C17H36. The van der Waals surface area contributed by atoms with E-state index >= 15 is 0 Å². The molecule has 0 aromatic rings. The van der Waals surface area contributed by atoms with E-state index in [2.05, 4.69) is 62.3 Å². The summed E-state index contributed by atoms with van der Waals surface area (Å²) < 4.78 is 0. The summed E-state index contributed by atoms with van der Waals surface area (Å²) in [5.41, 5.74) is 0.890. The third-order valence-corrected chi connectivity index (χ3v) is 4.59. The predicted molar refractivity (Wildman–Crippen MR) is 80.3 cm³/mol. The number of hydrogen-bond donors (Lipinski definition) is 0. The first kappa shape index (κ1) is 17.0. The highest BCUT2D eigenvalue weighted by Crippen LogP contribution is 2.54. The van der Waals surface area contributed by atoms with E-state index in [9.17, 15) is 0 Å². The largest absolute Gasteiger partial charge is 0.0651 e. The fourth-order valence-electron chi connectivity index (χ4n) is 3.69. The van der Waals surface area contributed by atoms with Crippen LogP contribution in [0.5, 0.6) is 0 Å². The Bertz CT molecular complexity index is 195. The molecule has 0 bridgehead atoms. The van der Waals surface area contributed by atoms with Crippen LogP contribution in [0.3, 0.4) is 0 Å². The van der Waals surface area contributed by atoms with Crippen LogP contribution < -0.4 is 0 Å². The van der Waals surface area contributed by atoms with E-state index in [1.165, 1.54) is 19.3 Å². The first-order valence-corrected chi connectivity index (χ1v) is 7.56. The summed E-state index contributed by atoms with van der Waals surface area (Å²) in [6.07, 6.45) is 4.03. The summed E-state index contributed by atoms with van der Waals surface area (Å²) in [5, 5.41) is 0. The molecule has 0 nitrogen and oxygen atoms in total. The zero-order chi connectivity index (χ0) is 13.9. The average molecular weight is 240 g/mol. The second-order valence-corrected chi connectivity index (χ2v) is 7.91. The van der Waals surface area contributed by atoms with Gasteiger partial charge in [-0.2, -0.15) is 0 Å². The Morgan fingerprint density at radius 3 is 1.29 bits per heavy atom. The maximum Gasteiger partial charge on any atom is -0.0218 e.